The van der Waals surface area contributed by atoms with Gasteiger partial charge in [0.1, 0.15) is 17.2 Å². The molecule has 3 N–H and O–H groups in total. The maximum atomic E-state index is 13.5. The van der Waals surface area contributed by atoms with Crippen LogP contribution in [0.2, 0.25) is 0 Å². The molecule has 0 atom stereocenters. The van der Waals surface area contributed by atoms with Crippen LogP contribution in [0.15, 0.2) is 116 Å². The summed E-state index contributed by atoms with van der Waals surface area (Å²) >= 11 is 0. The van der Waals surface area contributed by atoms with Gasteiger partial charge < -0.3 is 10.3 Å². The molecule has 202 valence electrons. The van der Waals surface area contributed by atoms with Crippen LogP contribution in [0.1, 0.15) is 18.2 Å². The van der Waals surface area contributed by atoms with Crippen LogP contribution in [0.5, 0.6) is 0 Å². The second-order valence-electron chi connectivity index (χ2n) is 9.75. The molecule has 41 heavy (non-hydrogen) atoms. The van der Waals surface area contributed by atoms with Crippen molar-refractivity contribution in [2.45, 2.75) is 13.5 Å². The van der Waals surface area contributed by atoms with E-state index in [4.69, 9.17) is 4.98 Å². The lowest BCUT2D eigenvalue weighted by Crippen LogP contribution is -2.16. The van der Waals surface area contributed by atoms with Crippen molar-refractivity contribution in [1.29, 1.82) is 0 Å². The van der Waals surface area contributed by atoms with Gasteiger partial charge in [0.15, 0.2) is 0 Å². The summed E-state index contributed by atoms with van der Waals surface area (Å²) in [4.78, 5) is 12.7. The normalized spacial score (nSPS) is 12.3. The molecule has 0 saturated carbocycles. The van der Waals surface area contributed by atoms with Crippen LogP contribution in [0.3, 0.4) is 0 Å². The quantitative estimate of drug-likeness (QED) is 0.165. The molecule has 6 rings (SSSR count). The number of benzene rings is 2. The Hall–Kier alpha value is -5.14. The third-order valence-electron chi connectivity index (χ3n) is 7.10. The second-order valence-corrected chi connectivity index (χ2v) is 9.75. The molecule has 0 spiro atoms. The van der Waals surface area contributed by atoms with Crippen LogP contribution in [0.25, 0.3) is 50.0 Å². The summed E-state index contributed by atoms with van der Waals surface area (Å²) < 4.78 is 13.5. The van der Waals surface area contributed by atoms with Gasteiger partial charge in [0, 0.05) is 30.1 Å². The highest BCUT2D eigenvalue weighted by molar-refractivity contribution is 6.00. The predicted octanol–water partition coefficient (Wildman–Crippen LogP) is 7.61. The van der Waals surface area contributed by atoms with Gasteiger partial charge in [-0.1, -0.05) is 61.2 Å². The zero-order chi connectivity index (χ0) is 28.2. The standard InChI is InChI=1S/C34H29FN6/c1-3-22(19-36-20-23-8-6-5-7-9-23)16-24(4-2)30-18-29-32(21-38-30)40-41-33(29)31-17-28-27(14-15-37-34(28)39-31)25-10-12-26(35)13-11-25/h3-18,21,36H,1,19-20H2,2H3,(H,37,39)(H,40,41)/b22-16+,24-4+. The van der Waals surface area contributed by atoms with E-state index in [-0.39, 0.29) is 5.82 Å². The van der Waals surface area contributed by atoms with Crippen molar-refractivity contribution in [2.24, 2.45) is 0 Å². The Balaban J connectivity index is 1.30. The van der Waals surface area contributed by atoms with Crippen LogP contribution < -0.4 is 5.32 Å². The maximum absolute atomic E-state index is 13.5. The first kappa shape index (κ1) is 26.1. The average molecular weight is 541 g/mol. The van der Waals surface area contributed by atoms with E-state index in [1.165, 1.54) is 17.7 Å². The SMILES string of the molecule is C=C/C(=C\C(=C/C)c1cc2c(-c3cc4c(-c5ccc(F)cc5)ccnc4[nH]3)n[nH]c2cn1)CNCc1ccccc1. The molecule has 0 bridgehead atoms. The summed E-state index contributed by atoms with van der Waals surface area (Å²) in [5.41, 5.74) is 9.21. The van der Waals surface area contributed by atoms with E-state index in [0.717, 1.165) is 67.8 Å². The smallest absolute Gasteiger partial charge is 0.138 e. The summed E-state index contributed by atoms with van der Waals surface area (Å²) in [6.07, 6.45) is 9.60. The fourth-order valence-corrected chi connectivity index (χ4v) is 4.95. The van der Waals surface area contributed by atoms with Gasteiger partial charge in [-0.2, -0.15) is 5.10 Å². The molecular weight excluding hydrogens is 511 g/mol. The van der Waals surface area contributed by atoms with Gasteiger partial charge in [0.25, 0.3) is 0 Å². The second kappa shape index (κ2) is 11.5. The van der Waals surface area contributed by atoms with E-state index < -0.39 is 0 Å². The summed E-state index contributed by atoms with van der Waals surface area (Å²) in [5, 5.41) is 13.1. The van der Waals surface area contributed by atoms with Crippen molar-refractivity contribution in [3.05, 3.63) is 133 Å². The third-order valence-corrected chi connectivity index (χ3v) is 7.10. The number of hydrogen-bond donors (Lipinski definition) is 3. The van der Waals surface area contributed by atoms with Crippen molar-refractivity contribution < 1.29 is 4.39 Å². The molecule has 2 aromatic carbocycles. The number of rotatable bonds is 9. The third kappa shape index (κ3) is 5.48. The van der Waals surface area contributed by atoms with E-state index in [2.05, 4.69) is 62.4 Å². The van der Waals surface area contributed by atoms with Crippen LogP contribution in [-0.4, -0.2) is 31.7 Å². The predicted molar refractivity (Wildman–Crippen MR) is 164 cm³/mol. The first-order chi connectivity index (χ1) is 20.1. The van der Waals surface area contributed by atoms with Crippen LogP contribution >= 0.6 is 0 Å². The summed E-state index contributed by atoms with van der Waals surface area (Å²) in [5.74, 6) is -0.264. The number of hydrogen-bond acceptors (Lipinski definition) is 4. The Bertz CT molecular complexity index is 1900. The Morgan fingerprint density at radius 2 is 1.83 bits per heavy atom. The lowest BCUT2D eigenvalue weighted by atomic mass is 10.0. The van der Waals surface area contributed by atoms with Gasteiger partial charge in [0.2, 0.25) is 0 Å². The molecule has 0 aliphatic carbocycles. The van der Waals surface area contributed by atoms with Crippen LogP contribution in [-0.2, 0) is 6.54 Å². The number of H-pyrrole nitrogens is 2. The molecule has 0 unspecified atom stereocenters. The number of pyridine rings is 2. The fraction of sp³-hybridized carbons (Fsp3) is 0.0882. The molecule has 7 heteroatoms. The van der Waals surface area contributed by atoms with Crippen molar-refractivity contribution in [3.8, 4) is 22.5 Å². The lowest BCUT2D eigenvalue weighted by Gasteiger charge is -2.08. The summed E-state index contributed by atoms with van der Waals surface area (Å²) in [6, 6.07) is 22.8. The molecule has 6 nitrogen and oxygen atoms in total. The van der Waals surface area contributed by atoms with E-state index in [1.54, 1.807) is 18.3 Å². The molecule has 0 saturated heterocycles. The Kier molecular flexibility index (Phi) is 7.34. The van der Waals surface area contributed by atoms with E-state index >= 15 is 0 Å². The van der Waals surface area contributed by atoms with Gasteiger partial charge in [-0.25, -0.2) is 9.37 Å². The molecule has 0 amide bonds. The monoisotopic (exact) mass is 540 g/mol. The molecule has 0 aliphatic rings. The fourth-order valence-electron chi connectivity index (χ4n) is 4.95. The topological polar surface area (TPSA) is 82.3 Å². The van der Waals surface area contributed by atoms with Crippen molar-refractivity contribution in [1.82, 2.24) is 30.5 Å². The largest absolute Gasteiger partial charge is 0.338 e. The van der Waals surface area contributed by atoms with E-state index in [0.29, 0.717) is 6.54 Å². The van der Waals surface area contributed by atoms with Crippen molar-refractivity contribution >= 4 is 27.5 Å². The van der Waals surface area contributed by atoms with E-state index in [9.17, 15) is 4.39 Å². The number of fused-ring (bicyclic) bond motifs is 2. The number of nitrogens with one attached hydrogen (secondary N) is 3. The van der Waals surface area contributed by atoms with Crippen LogP contribution in [0.4, 0.5) is 4.39 Å². The minimum absolute atomic E-state index is 0.264. The Labute approximate surface area is 237 Å². The maximum Gasteiger partial charge on any atom is 0.138 e. The Morgan fingerprint density at radius 3 is 2.61 bits per heavy atom. The molecular formula is C34H29FN6. The minimum Gasteiger partial charge on any atom is -0.338 e. The zero-order valence-corrected chi connectivity index (χ0v) is 22.7. The van der Waals surface area contributed by atoms with E-state index in [1.807, 2.05) is 49.5 Å². The highest BCUT2D eigenvalue weighted by Crippen LogP contribution is 2.34. The molecule has 4 heterocycles. The summed E-state index contributed by atoms with van der Waals surface area (Å²) in [6.45, 7) is 7.49. The van der Waals surface area contributed by atoms with Gasteiger partial charge in [-0.15, -0.1) is 0 Å². The van der Waals surface area contributed by atoms with Gasteiger partial charge in [-0.3, -0.25) is 10.1 Å². The van der Waals surface area contributed by atoms with Crippen molar-refractivity contribution in [2.75, 3.05) is 6.54 Å². The molecule has 0 fully saturated rings. The first-order valence-electron chi connectivity index (χ1n) is 13.5. The number of halogens is 1. The Morgan fingerprint density at radius 1 is 1.00 bits per heavy atom. The van der Waals surface area contributed by atoms with Gasteiger partial charge in [0.05, 0.1) is 23.1 Å². The van der Waals surface area contributed by atoms with Crippen LogP contribution in [0, 0.1) is 5.82 Å². The summed E-state index contributed by atoms with van der Waals surface area (Å²) in [7, 11) is 0. The van der Waals surface area contributed by atoms with Crippen molar-refractivity contribution in [3.63, 3.8) is 0 Å². The zero-order valence-electron chi connectivity index (χ0n) is 22.7. The van der Waals surface area contributed by atoms with Gasteiger partial charge in [-0.05, 0) is 71.2 Å². The average Bonchev–Trinajstić information content (AvgIpc) is 3.64. The molecule has 4 aromatic heterocycles. The highest BCUT2D eigenvalue weighted by atomic mass is 19.1. The minimum atomic E-state index is -0.264. The molecule has 0 aliphatic heterocycles. The number of nitrogens with zero attached hydrogens (tertiary/aromatic N) is 3. The first-order valence-corrected chi connectivity index (χ1v) is 13.5. The molecule has 6 aromatic rings. The molecule has 0 radical (unpaired) electrons. The van der Waals surface area contributed by atoms with Gasteiger partial charge >= 0.3 is 0 Å². The number of aromatic amines is 2. The number of aromatic nitrogens is 5. The lowest BCUT2D eigenvalue weighted by molar-refractivity contribution is 0.628. The highest BCUT2D eigenvalue weighted by Gasteiger charge is 2.15. The number of allylic oxidation sites excluding steroid dienone is 3.